The average Bonchev–Trinajstić information content (AvgIpc) is 3.30. The number of carbonyl (C=O) groups excluding carboxylic acids is 3. The van der Waals surface area contributed by atoms with Crippen molar-refractivity contribution in [2.24, 2.45) is 0 Å². The van der Waals surface area contributed by atoms with E-state index < -0.39 is 15.9 Å². The Kier molecular flexibility index (Phi) is 8.68. The molecule has 2 aliphatic rings. The summed E-state index contributed by atoms with van der Waals surface area (Å²) >= 11 is 12.9. The summed E-state index contributed by atoms with van der Waals surface area (Å²) in [5.41, 5.74) is 1.18. The maximum Gasteiger partial charge on any atom is 0.266 e. The van der Waals surface area contributed by atoms with Gasteiger partial charge in [0.25, 0.3) is 15.9 Å². The first-order valence-corrected chi connectivity index (χ1v) is 15.6. The highest BCUT2D eigenvalue weighted by atomic mass is 35.5. The van der Waals surface area contributed by atoms with Crippen molar-refractivity contribution >= 4 is 56.6 Å². The zero-order valence-corrected chi connectivity index (χ0v) is 24.5. The zero-order valence-electron chi connectivity index (χ0n) is 22.1. The molecule has 1 aliphatic carbocycles. The molecule has 1 N–H and O–H groups in total. The number of likely N-dealkylation sites (tertiary alicyclic amines) is 1. The van der Waals surface area contributed by atoms with E-state index in [0.29, 0.717) is 25.7 Å². The van der Waals surface area contributed by atoms with Gasteiger partial charge in [0.2, 0.25) is 11.8 Å². The maximum atomic E-state index is 14.1. The maximum absolute atomic E-state index is 14.1. The van der Waals surface area contributed by atoms with Crippen molar-refractivity contribution in [1.82, 2.24) is 10.2 Å². The van der Waals surface area contributed by atoms with Crippen molar-refractivity contribution in [3.05, 3.63) is 94.0 Å². The van der Waals surface area contributed by atoms with E-state index in [1.165, 1.54) is 27.4 Å². The number of amides is 3. The van der Waals surface area contributed by atoms with Gasteiger partial charge in [0.05, 0.1) is 22.3 Å². The summed E-state index contributed by atoms with van der Waals surface area (Å²) in [6, 6.07) is 19.6. The van der Waals surface area contributed by atoms with Crippen molar-refractivity contribution in [2.75, 3.05) is 4.31 Å². The van der Waals surface area contributed by atoms with E-state index >= 15 is 0 Å². The molecule has 3 amide bonds. The quantitative estimate of drug-likeness (QED) is 0.334. The lowest BCUT2D eigenvalue weighted by Crippen LogP contribution is -2.45. The average molecular weight is 615 g/mol. The SMILES string of the molecule is O=C(NC1CCC(N2C(=O)CCC2=O)CC1)c1ccc(Cl)c(S(=O)(=O)N(Cc2ccccc2)c2ccccc2Cl)c1. The van der Waals surface area contributed by atoms with Crippen LogP contribution in [0.3, 0.4) is 0 Å². The molecule has 3 aromatic rings. The molecule has 0 radical (unpaired) electrons. The number of imide groups is 1. The second-order valence-corrected chi connectivity index (χ2v) is 12.9. The Morgan fingerprint density at radius 3 is 2.15 bits per heavy atom. The van der Waals surface area contributed by atoms with E-state index in [2.05, 4.69) is 5.32 Å². The van der Waals surface area contributed by atoms with Gasteiger partial charge in [0, 0.05) is 30.5 Å². The highest BCUT2D eigenvalue weighted by Crippen LogP contribution is 2.35. The van der Waals surface area contributed by atoms with Gasteiger partial charge in [-0.1, -0.05) is 65.7 Å². The molecule has 2 fully saturated rings. The van der Waals surface area contributed by atoms with E-state index in [-0.39, 0.29) is 69.5 Å². The monoisotopic (exact) mass is 613 g/mol. The summed E-state index contributed by atoms with van der Waals surface area (Å²) in [5, 5.41) is 3.21. The summed E-state index contributed by atoms with van der Waals surface area (Å²) in [6.45, 7) is 0.00488. The van der Waals surface area contributed by atoms with E-state index in [1.807, 2.05) is 30.3 Å². The van der Waals surface area contributed by atoms with E-state index in [1.54, 1.807) is 24.3 Å². The molecule has 3 aromatic carbocycles. The molecule has 1 saturated carbocycles. The molecule has 1 saturated heterocycles. The van der Waals surface area contributed by atoms with Crippen molar-refractivity contribution in [2.45, 2.75) is 62.0 Å². The van der Waals surface area contributed by atoms with Gasteiger partial charge >= 0.3 is 0 Å². The van der Waals surface area contributed by atoms with Crippen LogP contribution in [0.1, 0.15) is 54.4 Å². The first-order chi connectivity index (χ1) is 19.6. The fraction of sp³-hybridized carbons (Fsp3) is 0.300. The summed E-state index contributed by atoms with van der Waals surface area (Å²) in [5.74, 6) is -0.687. The second-order valence-electron chi connectivity index (χ2n) is 10.2. The molecule has 0 bridgehead atoms. The molecule has 0 atom stereocenters. The van der Waals surface area contributed by atoms with Crippen LogP contribution < -0.4 is 9.62 Å². The van der Waals surface area contributed by atoms with Gasteiger partial charge in [-0.05, 0) is 61.6 Å². The number of hydrogen-bond acceptors (Lipinski definition) is 5. The molecule has 41 heavy (non-hydrogen) atoms. The second kappa shape index (κ2) is 12.2. The smallest absolute Gasteiger partial charge is 0.266 e. The van der Waals surface area contributed by atoms with Gasteiger partial charge in [-0.15, -0.1) is 0 Å². The topological polar surface area (TPSA) is 104 Å². The van der Waals surface area contributed by atoms with Crippen molar-refractivity contribution in [3.8, 4) is 0 Å². The number of nitrogens with zero attached hydrogens (tertiary/aromatic N) is 2. The Morgan fingerprint density at radius 1 is 0.854 bits per heavy atom. The molecule has 1 heterocycles. The van der Waals surface area contributed by atoms with Crippen LogP contribution in [0.25, 0.3) is 0 Å². The molecular formula is C30H29Cl2N3O5S. The van der Waals surface area contributed by atoms with Gasteiger partial charge in [0.1, 0.15) is 4.90 Å². The molecule has 11 heteroatoms. The highest BCUT2D eigenvalue weighted by molar-refractivity contribution is 7.93. The summed E-state index contributed by atoms with van der Waals surface area (Å²) in [6.07, 6.45) is 2.93. The third-order valence-corrected chi connectivity index (χ3v) is 10.1. The molecule has 8 nitrogen and oxygen atoms in total. The Morgan fingerprint density at radius 2 is 1.49 bits per heavy atom. The molecule has 0 aromatic heterocycles. The summed E-state index contributed by atoms with van der Waals surface area (Å²) in [4.78, 5) is 38.6. The first-order valence-electron chi connectivity index (χ1n) is 13.4. The Balaban J connectivity index is 1.36. The lowest BCUT2D eigenvalue weighted by atomic mass is 9.90. The van der Waals surface area contributed by atoms with Gasteiger partial charge in [0.15, 0.2) is 0 Å². The van der Waals surface area contributed by atoms with Crippen molar-refractivity contribution < 1.29 is 22.8 Å². The number of hydrogen-bond donors (Lipinski definition) is 1. The largest absolute Gasteiger partial charge is 0.349 e. The number of rotatable bonds is 8. The van der Waals surface area contributed by atoms with E-state index in [4.69, 9.17) is 23.2 Å². The lowest BCUT2D eigenvalue weighted by Gasteiger charge is -2.33. The third kappa shape index (κ3) is 6.27. The lowest BCUT2D eigenvalue weighted by molar-refractivity contribution is -0.141. The van der Waals surface area contributed by atoms with Crippen LogP contribution in [-0.2, 0) is 26.2 Å². The molecule has 0 unspecified atom stereocenters. The van der Waals surface area contributed by atoms with Crippen LogP contribution in [0, 0.1) is 0 Å². The standard InChI is InChI=1S/C30H29Cl2N3O5S/c31-24-8-4-5-9-26(24)34(19-20-6-2-1-3-7-20)41(39,40)27-18-21(10-15-25(27)32)30(38)33-22-11-13-23(14-12-22)35-28(36)16-17-29(35)37/h1-10,15,18,22-23H,11-14,16-17,19H2,(H,33,38). The van der Waals surface area contributed by atoms with Gasteiger partial charge < -0.3 is 5.32 Å². The number of sulfonamides is 1. The molecule has 1 aliphatic heterocycles. The van der Waals surface area contributed by atoms with Crippen molar-refractivity contribution in [3.63, 3.8) is 0 Å². The number of para-hydroxylation sites is 1. The fourth-order valence-corrected chi connectivity index (χ4v) is 7.67. The molecule has 5 rings (SSSR count). The van der Waals surface area contributed by atoms with Gasteiger partial charge in [-0.3, -0.25) is 23.6 Å². The number of anilines is 1. The number of carbonyl (C=O) groups is 3. The predicted molar refractivity (Wildman–Crippen MR) is 157 cm³/mol. The molecule has 0 spiro atoms. The van der Waals surface area contributed by atoms with Crippen LogP contribution >= 0.6 is 23.2 Å². The zero-order chi connectivity index (χ0) is 29.1. The van der Waals surface area contributed by atoms with Crippen LogP contribution in [0.5, 0.6) is 0 Å². The Bertz CT molecular complexity index is 1560. The van der Waals surface area contributed by atoms with Gasteiger partial charge in [-0.2, -0.15) is 0 Å². The fourth-order valence-electron chi connectivity index (χ4n) is 5.41. The minimum absolute atomic E-state index is 0.00488. The molecule has 214 valence electrons. The van der Waals surface area contributed by atoms with Crippen LogP contribution in [0.2, 0.25) is 10.0 Å². The Labute approximate surface area is 249 Å². The third-order valence-electron chi connectivity index (χ3n) is 7.54. The Hall–Kier alpha value is -3.40. The predicted octanol–water partition coefficient (Wildman–Crippen LogP) is 5.58. The number of halogens is 2. The van der Waals surface area contributed by atoms with E-state index in [0.717, 1.165) is 5.56 Å². The summed E-state index contributed by atoms with van der Waals surface area (Å²) < 4.78 is 29.4. The molecular weight excluding hydrogens is 585 g/mol. The normalized spacial score (nSPS) is 19.3. The highest BCUT2D eigenvalue weighted by Gasteiger charge is 2.37. The van der Waals surface area contributed by atoms with Crippen LogP contribution in [0.4, 0.5) is 5.69 Å². The minimum Gasteiger partial charge on any atom is -0.349 e. The number of benzene rings is 3. The van der Waals surface area contributed by atoms with Crippen LogP contribution in [0.15, 0.2) is 77.7 Å². The number of nitrogens with one attached hydrogen (secondary N) is 1. The minimum atomic E-state index is -4.25. The van der Waals surface area contributed by atoms with Gasteiger partial charge in [-0.25, -0.2) is 8.42 Å². The van der Waals surface area contributed by atoms with Crippen molar-refractivity contribution in [1.29, 1.82) is 0 Å². The summed E-state index contributed by atoms with van der Waals surface area (Å²) in [7, 11) is -4.25. The first kappa shape index (κ1) is 29.1. The van der Waals surface area contributed by atoms with E-state index in [9.17, 15) is 22.8 Å². The van der Waals surface area contributed by atoms with Crippen LogP contribution in [-0.4, -0.2) is 43.1 Å².